The Bertz CT molecular complexity index is 1440. The van der Waals surface area contributed by atoms with Gasteiger partial charge in [-0.05, 0) is 68.9 Å². The highest BCUT2D eigenvalue weighted by atomic mass is 32.1. The van der Waals surface area contributed by atoms with Crippen LogP contribution in [-0.2, 0) is 9.59 Å². The Morgan fingerprint density at radius 2 is 1.00 bits per heavy atom. The number of hydrogen-bond acceptors (Lipinski definition) is 7. The quantitative estimate of drug-likeness (QED) is 0.0320. The number of thiazole rings is 2. The molecule has 1 aliphatic rings. The van der Waals surface area contributed by atoms with E-state index < -0.39 is 5.92 Å². The van der Waals surface area contributed by atoms with Crippen molar-refractivity contribution in [3.63, 3.8) is 0 Å². The summed E-state index contributed by atoms with van der Waals surface area (Å²) in [5.74, 6) is -0.866. The first-order valence-corrected chi connectivity index (χ1v) is 24.0. The summed E-state index contributed by atoms with van der Waals surface area (Å²) < 4.78 is 0.980. The van der Waals surface area contributed by atoms with Crippen LogP contribution in [0.1, 0.15) is 198 Å². The monoisotopic (exact) mass is 782 g/mol. The number of hydrogen-bond donors (Lipinski definition) is 0. The number of rotatable bonds is 32. The Kier molecular flexibility index (Phi) is 23.3. The van der Waals surface area contributed by atoms with Gasteiger partial charge in [0.05, 0.1) is 28.9 Å². The molecule has 1 aliphatic carbocycles. The predicted octanol–water partition coefficient (Wildman–Crippen LogP) is 11.4. The van der Waals surface area contributed by atoms with Crippen LogP contribution in [0.15, 0.2) is 11.6 Å². The van der Waals surface area contributed by atoms with Gasteiger partial charge < -0.3 is 4.90 Å². The summed E-state index contributed by atoms with van der Waals surface area (Å²) >= 11 is 3.26. The molecule has 0 atom stereocenters. The molecule has 1 saturated carbocycles. The van der Waals surface area contributed by atoms with Crippen LogP contribution >= 0.6 is 22.7 Å². The maximum atomic E-state index is 13.6. The second kappa shape index (κ2) is 27.3. The second-order valence-corrected chi connectivity index (χ2v) is 17.8. The lowest BCUT2D eigenvalue weighted by molar-refractivity contribution is -0.375. The van der Waals surface area contributed by atoms with Gasteiger partial charge in [0.15, 0.2) is 16.7 Å². The number of carbonyl (C=O) groups excluding carboxylic acids is 2. The fourth-order valence-corrected chi connectivity index (χ4v) is 9.66. The first-order valence-electron chi connectivity index (χ1n) is 22.3. The molecule has 1 fully saturated rings. The summed E-state index contributed by atoms with van der Waals surface area (Å²) in [7, 11) is 0. The van der Waals surface area contributed by atoms with E-state index in [4.69, 9.17) is 4.98 Å². The second-order valence-electron chi connectivity index (χ2n) is 15.8. The highest BCUT2D eigenvalue weighted by Crippen LogP contribution is 2.41. The molecule has 1 N–H and O–H groups in total. The van der Waals surface area contributed by atoms with Crippen molar-refractivity contribution in [3.05, 3.63) is 32.1 Å². The summed E-state index contributed by atoms with van der Waals surface area (Å²) in [6.07, 6.45) is 34.2. The minimum Gasteiger partial charge on any atom is -0.348 e. The molecule has 0 aliphatic heterocycles. The lowest BCUT2D eigenvalue weighted by atomic mass is 9.75. The standard InChI is InChI=1S/C46H76N4O2S2/c1-7-11-15-19-23-27-33-49(34-28-24-20-16-12-8-2)45-47-37(5)40(53-45)32-31-39-42(51)41(43(39)52)44-38(6)48-46(54-44)50(35-29-25-21-17-13-9-3)36-30-26-22-18-14-10-4/h31-32,41H,5,7-30,33-36H2,1-4,6H3/p+1/b39-31?,40-32-. The molecule has 2 aromatic rings. The largest absolute Gasteiger partial charge is 0.348 e. The van der Waals surface area contributed by atoms with E-state index in [0.29, 0.717) is 5.57 Å². The van der Waals surface area contributed by atoms with Crippen molar-refractivity contribution in [2.45, 2.75) is 195 Å². The molecule has 2 heterocycles. The van der Waals surface area contributed by atoms with Crippen LogP contribution in [0, 0.1) is 6.92 Å². The summed E-state index contributed by atoms with van der Waals surface area (Å²) in [6.45, 7) is 19.4. The molecular weight excluding hydrogens is 705 g/mol. The van der Waals surface area contributed by atoms with Gasteiger partial charge in [-0.2, -0.15) is 0 Å². The molecule has 8 heteroatoms. The Labute approximate surface area is 338 Å². The fraction of sp³-hybridized carbons (Fsp3) is 0.739. The molecule has 2 aromatic heterocycles. The summed E-state index contributed by atoms with van der Waals surface area (Å²) in [5, 5.41) is 2.96. The fourth-order valence-electron chi connectivity index (χ4n) is 7.44. The van der Waals surface area contributed by atoms with Crippen LogP contribution in [0.2, 0.25) is 0 Å². The van der Waals surface area contributed by atoms with Crippen LogP contribution < -0.4 is 24.7 Å². The van der Waals surface area contributed by atoms with Crippen LogP contribution in [0.5, 0.6) is 0 Å². The first-order chi connectivity index (χ1) is 26.4. The predicted molar refractivity (Wildman–Crippen MR) is 236 cm³/mol. The van der Waals surface area contributed by atoms with Gasteiger partial charge in [-0.3, -0.25) is 14.5 Å². The third kappa shape index (κ3) is 15.7. The van der Waals surface area contributed by atoms with Gasteiger partial charge in [-0.1, -0.05) is 150 Å². The van der Waals surface area contributed by atoms with E-state index in [1.54, 1.807) is 28.7 Å². The number of aromatic amines is 1. The average Bonchev–Trinajstić information content (AvgIpc) is 3.73. The Balaban J connectivity index is 1.69. The van der Waals surface area contributed by atoms with Gasteiger partial charge in [-0.25, -0.2) is 9.97 Å². The number of H-pyrrole nitrogens is 1. The summed E-state index contributed by atoms with van der Waals surface area (Å²) in [5.41, 5.74) is 1.13. The van der Waals surface area contributed by atoms with Crippen LogP contribution in [0.3, 0.4) is 0 Å². The number of aryl methyl sites for hydroxylation is 1. The minimum absolute atomic E-state index is 0.0768. The lowest BCUT2D eigenvalue weighted by Crippen LogP contribution is -2.39. The van der Waals surface area contributed by atoms with Gasteiger partial charge in [0, 0.05) is 18.0 Å². The van der Waals surface area contributed by atoms with Crippen molar-refractivity contribution in [2.24, 2.45) is 0 Å². The molecule has 0 amide bonds. The van der Waals surface area contributed by atoms with Crippen molar-refractivity contribution >= 4 is 57.2 Å². The maximum Gasteiger partial charge on any atom is 0.334 e. The van der Waals surface area contributed by atoms with Crippen LogP contribution in [0.25, 0.3) is 12.7 Å². The molecule has 6 nitrogen and oxygen atoms in total. The van der Waals surface area contributed by atoms with Gasteiger partial charge >= 0.3 is 5.13 Å². The Morgan fingerprint density at radius 3 is 1.44 bits per heavy atom. The Morgan fingerprint density at radius 1 is 0.593 bits per heavy atom. The van der Waals surface area contributed by atoms with Crippen molar-refractivity contribution in [1.82, 2.24) is 4.98 Å². The van der Waals surface area contributed by atoms with Crippen molar-refractivity contribution in [2.75, 3.05) is 36.0 Å². The molecule has 0 spiro atoms. The smallest absolute Gasteiger partial charge is 0.334 e. The van der Waals surface area contributed by atoms with E-state index in [0.717, 1.165) is 69.7 Å². The zero-order chi connectivity index (χ0) is 39.0. The summed E-state index contributed by atoms with van der Waals surface area (Å²) in [4.78, 5) is 41.4. The molecule has 54 heavy (non-hydrogen) atoms. The number of nitrogens with one attached hydrogen (secondary N) is 1. The minimum atomic E-state index is -0.712. The van der Waals surface area contributed by atoms with E-state index in [1.807, 2.05) is 13.0 Å². The van der Waals surface area contributed by atoms with E-state index in [1.165, 1.54) is 141 Å². The van der Waals surface area contributed by atoms with Crippen molar-refractivity contribution in [1.29, 1.82) is 0 Å². The SMILES string of the molecule is C=c1[nH+]c(N(CCCCCCCC)CCCCCCCC)s/c1=C\C=C1C(=O)C(c2sc(N(CCCCCCCC)CCCCCCCC)nc2C)C1=O. The Hall–Kier alpha value is -2.32. The molecule has 0 saturated heterocycles. The third-order valence-corrected chi connectivity index (χ3v) is 13.4. The van der Waals surface area contributed by atoms with Gasteiger partial charge in [0.25, 0.3) is 0 Å². The zero-order valence-corrected chi connectivity index (χ0v) is 36.8. The normalized spacial score (nSPS) is 14.6. The van der Waals surface area contributed by atoms with Crippen molar-refractivity contribution < 1.29 is 14.6 Å². The molecule has 0 bridgehead atoms. The van der Waals surface area contributed by atoms with Crippen molar-refractivity contribution in [3.8, 4) is 0 Å². The molecule has 0 unspecified atom stereocenters. The molecule has 0 aromatic carbocycles. The molecule has 3 rings (SSSR count). The number of anilines is 2. The van der Waals surface area contributed by atoms with E-state index in [-0.39, 0.29) is 11.6 Å². The van der Waals surface area contributed by atoms with Crippen LogP contribution in [0.4, 0.5) is 10.3 Å². The number of carbonyl (C=O) groups is 2. The lowest BCUT2D eigenvalue weighted by Gasteiger charge is -2.25. The first kappa shape index (κ1) is 46.1. The average molecular weight is 782 g/mol. The highest BCUT2D eigenvalue weighted by Gasteiger charge is 2.46. The summed E-state index contributed by atoms with van der Waals surface area (Å²) in [6, 6.07) is 0. The number of nitrogens with zero attached hydrogens (tertiary/aromatic N) is 3. The zero-order valence-electron chi connectivity index (χ0n) is 35.2. The molecule has 0 radical (unpaired) electrons. The third-order valence-electron chi connectivity index (χ3n) is 11.0. The van der Waals surface area contributed by atoms with Gasteiger partial charge in [-0.15, -0.1) is 11.3 Å². The number of unbranched alkanes of at least 4 members (excludes halogenated alkanes) is 20. The van der Waals surface area contributed by atoms with Gasteiger partial charge in [0.1, 0.15) is 11.3 Å². The number of ketones is 2. The number of Topliss-reactive ketones (excluding diaryl/α,β-unsaturated/α-hetero) is 2. The maximum absolute atomic E-state index is 13.6. The van der Waals surface area contributed by atoms with E-state index >= 15 is 0 Å². The molecule has 304 valence electrons. The number of allylic oxidation sites excluding steroid dienone is 2. The number of aromatic nitrogens is 2. The van der Waals surface area contributed by atoms with E-state index in [9.17, 15) is 9.59 Å². The highest BCUT2D eigenvalue weighted by molar-refractivity contribution is 7.16. The van der Waals surface area contributed by atoms with E-state index in [2.05, 4.69) is 49.1 Å². The van der Waals surface area contributed by atoms with Gasteiger partial charge in [0.2, 0.25) is 0 Å². The topological polar surface area (TPSA) is 67.7 Å². The van der Waals surface area contributed by atoms with Crippen LogP contribution in [-0.4, -0.2) is 42.7 Å². The molecular formula is C46H77N4O2S2+.